The number of nitrogens with one attached hydrogen (secondary N) is 2. The Labute approximate surface area is 218 Å². The van der Waals surface area contributed by atoms with Crippen molar-refractivity contribution in [2.75, 3.05) is 6.54 Å². The Bertz CT molecular complexity index is 1370. The molecule has 3 aromatic carbocycles. The maximum absolute atomic E-state index is 12.7. The van der Waals surface area contributed by atoms with Crippen LogP contribution in [0.1, 0.15) is 34.7 Å². The second kappa shape index (κ2) is 11.7. The minimum atomic E-state index is -3.85. The molecule has 4 atom stereocenters. The van der Waals surface area contributed by atoms with Crippen molar-refractivity contribution in [1.82, 2.24) is 10.0 Å². The van der Waals surface area contributed by atoms with Crippen LogP contribution in [-0.2, 0) is 22.9 Å². The largest absolute Gasteiger partial charge is 0.392 e. The first kappa shape index (κ1) is 26.6. The number of hydrogen-bond donors (Lipinski definition) is 4. The van der Waals surface area contributed by atoms with Gasteiger partial charge in [0.2, 0.25) is 10.0 Å². The molecule has 0 amide bonds. The van der Waals surface area contributed by atoms with Crippen molar-refractivity contribution in [3.05, 3.63) is 113 Å². The summed E-state index contributed by atoms with van der Waals surface area (Å²) in [5, 5.41) is 33.8. The third kappa shape index (κ3) is 6.64. The Morgan fingerprint density at radius 3 is 2.43 bits per heavy atom. The van der Waals surface area contributed by atoms with E-state index in [-0.39, 0.29) is 29.8 Å². The van der Waals surface area contributed by atoms with E-state index in [4.69, 9.17) is 5.26 Å². The standard InChI is InChI=1S/C29H31N3O4S/c1-20(32-29-27-10-6-5-9-23(27)17-28(29)34)24(15-21-7-3-2-4-8-21)16-25(33)19-31-37(35,36)26-13-11-22(18-30)12-14-26/h2-14,24-25,28-29,31-34H,1,15-17,19H2/t24-,25?,28-,29+/m1/s1. The maximum Gasteiger partial charge on any atom is 0.240 e. The van der Waals surface area contributed by atoms with Gasteiger partial charge in [0, 0.05) is 24.6 Å². The zero-order valence-corrected chi connectivity index (χ0v) is 21.2. The third-order valence-corrected chi connectivity index (χ3v) is 8.16. The summed E-state index contributed by atoms with van der Waals surface area (Å²) >= 11 is 0. The lowest BCUT2D eigenvalue weighted by Crippen LogP contribution is -2.36. The van der Waals surface area contributed by atoms with Gasteiger partial charge in [-0.1, -0.05) is 61.2 Å². The molecule has 37 heavy (non-hydrogen) atoms. The average molecular weight is 518 g/mol. The van der Waals surface area contributed by atoms with E-state index < -0.39 is 22.2 Å². The van der Waals surface area contributed by atoms with Crippen LogP contribution in [0.3, 0.4) is 0 Å². The summed E-state index contributed by atoms with van der Waals surface area (Å²) in [6, 6.07) is 25.0. The fraction of sp³-hybridized carbons (Fsp3) is 0.276. The number of fused-ring (bicyclic) bond motifs is 1. The van der Waals surface area contributed by atoms with Gasteiger partial charge >= 0.3 is 0 Å². The number of aliphatic hydroxyl groups excluding tert-OH is 2. The maximum atomic E-state index is 12.7. The fourth-order valence-corrected chi connectivity index (χ4v) is 5.80. The van der Waals surface area contributed by atoms with Crippen molar-refractivity contribution < 1.29 is 18.6 Å². The second-order valence-electron chi connectivity index (χ2n) is 9.38. The summed E-state index contributed by atoms with van der Waals surface area (Å²) in [6.07, 6.45) is -0.140. The summed E-state index contributed by atoms with van der Waals surface area (Å²) in [6.45, 7) is 4.08. The van der Waals surface area contributed by atoms with E-state index in [1.54, 1.807) is 0 Å². The molecule has 0 heterocycles. The molecule has 3 aromatic rings. The average Bonchev–Trinajstić information content (AvgIpc) is 3.22. The van der Waals surface area contributed by atoms with Crippen molar-refractivity contribution in [3.8, 4) is 6.07 Å². The highest BCUT2D eigenvalue weighted by molar-refractivity contribution is 7.89. The topological polar surface area (TPSA) is 122 Å². The number of benzene rings is 3. The molecule has 0 spiro atoms. The van der Waals surface area contributed by atoms with Gasteiger partial charge in [-0.05, 0) is 53.8 Å². The van der Waals surface area contributed by atoms with Crippen LogP contribution in [-0.4, -0.2) is 37.4 Å². The molecule has 4 N–H and O–H groups in total. The third-order valence-electron chi connectivity index (χ3n) is 6.72. The van der Waals surface area contributed by atoms with Crippen LogP contribution in [0.25, 0.3) is 0 Å². The van der Waals surface area contributed by atoms with Crippen LogP contribution in [0.4, 0.5) is 0 Å². The summed E-state index contributed by atoms with van der Waals surface area (Å²) < 4.78 is 27.8. The van der Waals surface area contributed by atoms with E-state index in [1.807, 2.05) is 60.7 Å². The van der Waals surface area contributed by atoms with E-state index in [9.17, 15) is 18.6 Å². The van der Waals surface area contributed by atoms with E-state index >= 15 is 0 Å². The van der Waals surface area contributed by atoms with Crippen molar-refractivity contribution in [3.63, 3.8) is 0 Å². The highest BCUT2D eigenvalue weighted by atomic mass is 32.2. The smallest absolute Gasteiger partial charge is 0.240 e. The van der Waals surface area contributed by atoms with E-state index in [0.29, 0.717) is 24.1 Å². The highest BCUT2D eigenvalue weighted by Gasteiger charge is 2.32. The molecule has 192 valence electrons. The number of nitriles is 1. The van der Waals surface area contributed by atoms with E-state index in [0.717, 1.165) is 16.7 Å². The Morgan fingerprint density at radius 2 is 1.73 bits per heavy atom. The van der Waals surface area contributed by atoms with Gasteiger partial charge in [0.25, 0.3) is 0 Å². The van der Waals surface area contributed by atoms with Crippen molar-refractivity contribution in [2.24, 2.45) is 5.92 Å². The summed E-state index contributed by atoms with van der Waals surface area (Å²) in [4.78, 5) is 0.0273. The molecule has 0 aliphatic heterocycles. The number of nitrogens with zero attached hydrogens (tertiary/aromatic N) is 1. The molecule has 0 aromatic heterocycles. The predicted molar refractivity (Wildman–Crippen MR) is 142 cm³/mol. The van der Waals surface area contributed by atoms with Crippen LogP contribution in [0.15, 0.2) is 96.0 Å². The Morgan fingerprint density at radius 1 is 1.05 bits per heavy atom. The van der Waals surface area contributed by atoms with Gasteiger partial charge in [0.1, 0.15) is 0 Å². The van der Waals surface area contributed by atoms with Crippen molar-refractivity contribution >= 4 is 10.0 Å². The lowest BCUT2D eigenvalue weighted by atomic mass is 9.90. The minimum absolute atomic E-state index is 0.0273. The lowest BCUT2D eigenvalue weighted by Gasteiger charge is -2.28. The first-order valence-electron chi connectivity index (χ1n) is 12.2. The molecule has 1 unspecified atom stereocenters. The molecule has 0 saturated heterocycles. The van der Waals surface area contributed by atoms with Gasteiger partial charge < -0.3 is 15.5 Å². The number of hydrogen-bond acceptors (Lipinski definition) is 6. The van der Waals surface area contributed by atoms with Gasteiger partial charge in [0.05, 0.1) is 34.8 Å². The SMILES string of the molecule is C=C(N[C@H]1c2ccccc2C[C@H]1O)[C@H](Cc1ccccc1)CC(O)CNS(=O)(=O)c1ccc(C#N)cc1. The summed E-state index contributed by atoms with van der Waals surface area (Å²) in [5.41, 5.74) is 4.23. The van der Waals surface area contributed by atoms with Gasteiger partial charge in [-0.15, -0.1) is 0 Å². The minimum Gasteiger partial charge on any atom is -0.392 e. The predicted octanol–water partition coefficient (Wildman–Crippen LogP) is 3.21. The summed E-state index contributed by atoms with van der Waals surface area (Å²) in [5.74, 6) is -0.211. The molecule has 4 rings (SSSR count). The molecular weight excluding hydrogens is 486 g/mol. The number of aliphatic hydroxyl groups is 2. The Hall–Kier alpha value is -3.48. The molecule has 0 radical (unpaired) electrons. The molecule has 0 bridgehead atoms. The zero-order chi connectivity index (χ0) is 26.4. The fourth-order valence-electron chi connectivity index (χ4n) is 4.72. The van der Waals surface area contributed by atoms with Crippen molar-refractivity contribution in [2.45, 2.75) is 42.4 Å². The van der Waals surface area contributed by atoms with Crippen LogP contribution >= 0.6 is 0 Å². The molecule has 1 aliphatic rings. The molecule has 0 fully saturated rings. The monoisotopic (exact) mass is 517 g/mol. The molecular formula is C29H31N3O4S. The molecule has 1 aliphatic carbocycles. The lowest BCUT2D eigenvalue weighted by molar-refractivity contribution is 0.136. The van der Waals surface area contributed by atoms with Gasteiger partial charge in [-0.3, -0.25) is 0 Å². The van der Waals surface area contributed by atoms with Crippen LogP contribution in [0.2, 0.25) is 0 Å². The number of sulfonamides is 1. The highest BCUT2D eigenvalue weighted by Crippen LogP contribution is 2.33. The van der Waals surface area contributed by atoms with Crippen molar-refractivity contribution in [1.29, 1.82) is 5.26 Å². The number of rotatable bonds is 11. The van der Waals surface area contributed by atoms with Gasteiger partial charge in [-0.2, -0.15) is 5.26 Å². The zero-order valence-electron chi connectivity index (χ0n) is 20.4. The van der Waals surface area contributed by atoms with Crippen LogP contribution in [0.5, 0.6) is 0 Å². The quantitative estimate of drug-likeness (QED) is 0.310. The molecule has 7 nitrogen and oxygen atoms in total. The van der Waals surface area contributed by atoms with E-state index in [2.05, 4.69) is 16.6 Å². The van der Waals surface area contributed by atoms with E-state index in [1.165, 1.54) is 24.3 Å². The normalized spacial score (nSPS) is 18.4. The van der Waals surface area contributed by atoms with Gasteiger partial charge in [0.15, 0.2) is 0 Å². The molecule has 8 heteroatoms. The Kier molecular flexibility index (Phi) is 8.41. The van der Waals surface area contributed by atoms with Crippen LogP contribution < -0.4 is 10.0 Å². The Balaban J connectivity index is 1.44. The van der Waals surface area contributed by atoms with Crippen LogP contribution in [0, 0.1) is 17.2 Å². The number of allylic oxidation sites excluding steroid dienone is 1. The molecule has 0 saturated carbocycles. The summed E-state index contributed by atoms with van der Waals surface area (Å²) in [7, 11) is -3.85. The van der Waals surface area contributed by atoms with Gasteiger partial charge in [-0.25, -0.2) is 13.1 Å². The first-order chi connectivity index (χ1) is 17.8. The first-order valence-corrected chi connectivity index (χ1v) is 13.7. The second-order valence-corrected chi connectivity index (χ2v) is 11.1.